The summed E-state index contributed by atoms with van der Waals surface area (Å²) in [7, 11) is 0.110. The smallest absolute Gasteiger partial charge is 0.176 e. The molecular weight excluding hydrogens is 622 g/mol. The second-order valence-corrected chi connectivity index (χ2v) is 15.9. The molecule has 0 spiro atoms. The number of aromatic amines is 1. The molecule has 10 heteroatoms. The number of aryl methyl sites for hydroxylation is 3. The molecule has 0 fully saturated rings. The van der Waals surface area contributed by atoms with Crippen LogP contribution in [0.4, 0.5) is 4.39 Å². The minimum Gasteiger partial charge on any atom is -0.361 e. The number of thioether (sulfide) groups is 1. The number of nitrogens with zero attached hydrogens (tertiary/aromatic N) is 4. The van der Waals surface area contributed by atoms with E-state index in [1.807, 2.05) is 31.1 Å². The van der Waals surface area contributed by atoms with E-state index in [1.54, 1.807) is 23.0 Å². The average molecular weight is 662 g/mol. The van der Waals surface area contributed by atoms with Crippen LogP contribution in [0.5, 0.6) is 0 Å². The van der Waals surface area contributed by atoms with Crippen LogP contribution in [0, 0.1) is 11.2 Å². The summed E-state index contributed by atoms with van der Waals surface area (Å²) in [5.41, 5.74) is 4.18. The maximum atomic E-state index is 15.7. The van der Waals surface area contributed by atoms with Crippen molar-refractivity contribution >= 4 is 46.1 Å². The summed E-state index contributed by atoms with van der Waals surface area (Å²) in [5.74, 6) is 3.43. The minimum absolute atomic E-state index is 0.103. The van der Waals surface area contributed by atoms with Gasteiger partial charge in [-0.15, -0.1) is 0 Å². The minimum atomic E-state index is -1.76. The molecule has 1 N–H and O–H groups in total. The van der Waals surface area contributed by atoms with Crippen molar-refractivity contribution in [2.24, 2.45) is 12.5 Å². The molecule has 2 aromatic carbocycles. The molecule has 0 saturated heterocycles. The maximum Gasteiger partial charge on any atom is 0.176 e. The Labute approximate surface area is 276 Å². The second kappa shape index (κ2) is 13.0. The number of aromatic nitrogens is 5. The Balaban J connectivity index is 1.49. The fraction of sp³-hybridized carbons (Fsp3) is 0.400. The Kier molecular flexibility index (Phi) is 9.28. The summed E-state index contributed by atoms with van der Waals surface area (Å²) in [6.45, 7) is 6.89. The summed E-state index contributed by atoms with van der Waals surface area (Å²) in [6, 6.07) is 15.6. The summed E-state index contributed by atoms with van der Waals surface area (Å²) in [4.78, 5) is 13.6. The number of hydrogen-bond donors (Lipinski definition) is 2. The fourth-order valence-electron chi connectivity index (χ4n) is 6.38. The normalized spacial score (nSPS) is 20.8. The Morgan fingerprint density at radius 3 is 2.80 bits per heavy atom. The van der Waals surface area contributed by atoms with Crippen molar-refractivity contribution in [1.29, 1.82) is 0 Å². The van der Waals surface area contributed by atoms with Crippen LogP contribution in [-0.2, 0) is 36.1 Å². The van der Waals surface area contributed by atoms with Crippen LogP contribution in [0.2, 0.25) is 0 Å². The molecule has 0 amide bonds. The lowest BCUT2D eigenvalue weighted by molar-refractivity contribution is 0.342. The molecule has 0 saturated carbocycles. The molecule has 6 nitrogen and oxygen atoms in total. The van der Waals surface area contributed by atoms with Crippen LogP contribution >= 0.6 is 24.4 Å². The fourth-order valence-corrected chi connectivity index (χ4v) is 9.14. The van der Waals surface area contributed by atoms with Crippen molar-refractivity contribution in [2.75, 3.05) is 17.3 Å². The number of halogens is 1. The van der Waals surface area contributed by atoms with E-state index in [4.69, 9.17) is 10.1 Å². The van der Waals surface area contributed by atoms with Crippen LogP contribution in [0.3, 0.4) is 0 Å². The van der Waals surface area contributed by atoms with Crippen molar-refractivity contribution in [3.8, 4) is 11.5 Å². The van der Waals surface area contributed by atoms with Gasteiger partial charge in [0.1, 0.15) is 11.5 Å². The third-order valence-corrected chi connectivity index (χ3v) is 12.2. The summed E-state index contributed by atoms with van der Waals surface area (Å²) in [5, 5.41) is 5.88. The molecular formula is C35H40FN5OS3. The van der Waals surface area contributed by atoms with Gasteiger partial charge in [-0.05, 0) is 96.2 Å². The zero-order chi connectivity index (χ0) is 31.8. The first kappa shape index (κ1) is 32.0. The third kappa shape index (κ3) is 6.51. The standard InChI is InChI=1S/C35H40FN5OS3/c1-34(2)13-6-14-35(3,24-8-5-7-23(19-24)11-17-43)33-39-32(41(4)40-33)30-20-25(9-15-38-30)45(42)31-27(12-18-44-22-34)26-10-16-37-29(26)21-28(31)36/h5,7-10,15-16,19-21,37,43H,6,11-14,17-18,22H2,1-4H3/t35-,45?/m1/s1. The lowest BCUT2D eigenvalue weighted by atomic mass is 9.75. The molecule has 1 unspecified atom stereocenters. The summed E-state index contributed by atoms with van der Waals surface area (Å²) >= 11 is 6.35. The largest absolute Gasteiger partial charge is 0.361 e. The van der Waals surface area contributed by atoms with Gasteiger partial charge < -0.3 is 4.98 Å². The van der Waals surface area contributed by atoms with Gasteiger partial charge in [-0.3, -0.25) is 4.98 Å². The number of hydrogen-bond acceptors (Lipinski definition) is 6. The highest BCUT2D eigenvalue weighted by atomic mass is 32.2. The molecule has 45 heavy (non-hydrogen) atoms. The third-order valence-electron chi connectivity index (χ3n) is 8.97. The van der Waals surface area contributed by atoms with E-state index >= 15 is 4.39 Å². The lowest BCUT2D eigenvalue weighted by Crippen LogP contribution is -2.27. The highest BCUT2D eigenvalue weighted by molar-refractivity contribution is 7.99. The first-order valence-corrected chi connectivity index (χ1v) is 18.4. The highest BCUT2D eigenvalue weighted by Gasteiger charge is 2.35. The van der Waals surface area contributed by atoms with Gasteiger partial charge >= 0.3 is 0 Å². The molecule has 5 aromatic rings. The van der Waals surface area contributed by atoms with Gasteiger partial charge in [0.15, 0.2) is 11.6 Å². The summed E-state index contributed by atoms with van der Waals surface area (Å²) in [6.07, 6.45) is 7.91. The van der Waals surface area contributed by atoms with Crippen molar-refractivity contribution in [2.45, 2.75) is 68.1 Å². The van der Waals surface area contributed by atoms with E-state index in [0.717, 1.165) is 65.2 Å². The summed E-state index contributed by atoms with van der Waals surface area (Å²) < 4.78 is 31.7. The Hall–Kier alpha value is -2.95. The molecule has 6 rings (SSSR count). The van der Waals surface area contributed by atoms with Crippen LogP contribution in [0.15, 0.2) is 70.7 Å². The van der Waals surface area contributed by atoms with Gasteiger partial charge in [-0.1, -0.05) is 44.5 Å². The molecule has 0 radical (unpaired) electrons. The van der Waals surface area contributed by atoms with E-state index in [2.05, 4.69) is 67.6 Å². The number of thiol groups is 1. The molecule has 0 aliphatic carbocycles. The van der Waals surface area contributed by atoms with Gasteiger partial charge in [0.2, 0.25) is 0 Å². The molecule has 2 atom stereocenters. The molecule has 3 aromatic heterocycles. The van der Waals surface area contributed by atoms with Crippen molar-refractivity contribution in [3.05, 3.63) is 89.3 Å². The second-order valence-electron chi connectivity index (χ2n) is 13.0. The monoisotopic (exact) mass is 661 g/mol. The number of fused-ring (bicyclic) bond motifs is 8. The van der Waals surface area contributed by atoms with E-state index < -0.39 is 22.0 Å². The van der Waals surface area contributed by atoms with Gasteiger partial charge in [-0.25, -0.2) is 18.3 Å². The van der Waals surface area contributed by atoms with Crippen molar-refractivity contribution < 1.29 is 8.60 Å². The van der Waals surface area contributed by atoms with Gasteiger partial charge in [0.05, 0.1) is 21.1 Å². The number of nitrogens with one attached hydrogen (secondary N) is 1. The van der Waals surface area contributed by atoms with Crippen LogP contribution in [-0.4, -0.2) is 46.2 Å². The van der Waals surface area contributed by atoms with Crippen LogP contribution < -0.4 is 0 Å². The van der Waals surface area contributed by atoms with Crippen LogP contribution in [0.1, 0.15) is 62.5 Å². The molecule has 4 bridgehead atoms. The number of benzene rings is 2. The van der Waals surface area contributed by atoms with Crippen LogP contribution in [0.25, 0.3) is 22.4 Å². The molecule has 1 aliphatic rings. The Morgan fingerprint density at radius 2 is 1.98 bits per heavy atom. The first-order chi connectivity index (χ1) is 21.6. The Morgan fingerprint density at radius 1 is 1.13 bits per heavy atom. The number of pyridine rings is 1. The van der Waals surface area contributed by atoms with E-state index in [1.165, 1.54) is 17.2 Å². The average Bonchev–Trinajstić information content (AvgIpc) is 3.65. The zero-order valence-electron chi connectivity index (χ0n) is 26.3. The molecule has 236 valence electrons. The predicted octanol–water partition coefficient (Wildman–Crippen LogP) is 7.93. The topological polar surface area (TPSA) is 76.5 Å². The zero-order valence-corrected chi connectivity index (χ0v) is 28.8. The van der Waals surface area contributed by atoms with E-state index in [9.17, 15) is 4.21 Å². The molecule has 4 heterocycles. The van der Waals surface area contributed by atoms with E-state index in [-0.39, 0.29) is 10.3 Å². The predicted molar refractivity (Wildman–Crippen MR) is 186 cm³/mol. The van der Waals surface area contributed by atoms with Crippen molar-refractivity contribution in [1.82, 2.24) is 24.7 Å². The number of H-pyrrole nitrogens is 1. The van der Waals surface area contributed by atoms with Gasteiger partial charge in [-0.2, -0.15) is 29.5 Å². The quantitative estimate of drug-likeness (QED) is 0.192. The molecule has 1 aliphatic heterocycles. The highest BCUT2D eigenvalue weighted by Crippen LogP contribution is 2.40. The maximum absolute atomic E-state index is 15.7. The number of rotatable bonds is 3. The van der Waals surface area contributed by atoms with Gasteiger partial charge in [0.25, 0.3) is 0 Å². The van der Waals surface area contributed by atoms with E-state index in [0.29, 0.717) is 22.8 Å². The SMILES string of the molecule is Cn1nc2nc1-c1cc(ccn1)S(=O)c1c(F)cc3[nH]ccc3c1CCSCC(C)(C)CCC[C@]2(C)c1cccc(CCS)c1. The first-order valence-electron chi connectivity index (χ1n) is 15.5. The van der Waals surface area contributed by atoms with Gasteiger partial charge in [0, 0.05) is 35.2 Å². The lowest BCUT2D eigenvalue weighted by Gasteiger charge is -2.30. The van der Waals surface area contributed by atoms with Crippen molar-refractivity contribution in [3.63, 3.8) is 0 Å². The Bertz CT molecular complexity index is 1870.